The first kappa shape index (κ1) is 13.2. The molecule has 3 rings (SSSR count). The van der Waals surface area contributed by atoms with Crippen molar-refractivity contribution in [2.75, 3.05) is 23.7 Å². The van der Waals surface area contributed by atoms with Crippen LogP contribution < -0.4 is 10.6 Å². The van der Waals surface area contributed by atoms with Gasteiger partial charge in [-0.25, -0.2) is 4.98 Å². The van der Waals surface area contributed by atoms with Crippen LogP contribution in [0.25, 0.3) is 0 Å². The van der Waals surface area contributed by atoms with E-state index in [1.165, 1.54) is 5.56 Å². The molecular formula is C15H17ClN4. The number of rotatable bonds is 2. The molecular weight excluding hydrogens is 272 g/mol. The topological polar surface area (TPSA) is 55.0 Å². The number of piperidine rings is 1. The van der Waals surface area contributed by atoms with E-state index in [0.29, 0.717) is 11.1 Å². The molecule has 20 heavy (non-hydrogen) atoms. The molecule has 1 aliphatic rings. The second-order valence-corrected chi connectivity index (χ2v) is 5.47. The van der Waals surface area contributed by atoms with Gasteiger partial charge in [0.2, 0.25) is 5.95 Å². The summed E-state index contributed by atoms with van der Waals surface area (Å²) in [5, 5.41) is 0.401. The van der Waals surface area contributed by atoms with E-state index in [-0.39, 0.29) is 5.95 Å². The van der Waals surface area contributed by atoms with Crippen molar-refractivity contribution in [1.29, 1.82) is 0 Å². The monoisotopic (exact) mass is 288 g/mol. The molecule has 1 aliphatic heterocycles. The minimum atomic E-state index is 0.234. The van der Waals surface area contributed by atoms with Crippen LogP contribution in [0.15, 0.2) is 36.4 Å². The Balaban J connectivity index is 1.69. The summed E-state index contributed by atoms with van der Waals surface area (Å²) >= 11 is 5.94. The summed E-state index contributed by atoms with van der Waals surface area (Å²) in [5.41, 5.74) is 7.07. The van der Waals surface area contributed by atoms with Gasteiger partial charge in [0.05, 0.1) is 0 Å². The maximum atomic E-state index is 5.94. The molecule has 0 radical (unpaired) electrons. The second-order valence-electron chi connectivity index (χ2n) is 5.08. The van der Waals surface area contributed by atoms with Crippen molar-refractivity contribution in [1.82, 2.24) is 9.97 Å². The van der Waals surface area contributed by atoms with Gasteiger partial charge in [-0.2, -0.15) is 4.98 Å². The van der Waals surface area contributed by atoms with Gasteiger partial charge in [-0.05, 0) is 24.3 Å². The summed E-state index contributed by atoms with van der Waals surface area (Å²) in [4.78, 5) is 10.4. The molecule has 4 nitrogen and oxygen atoms in total. The highest BCUT2D eigenvalue weighted by atomic mass is 35.5. The van der Waals surface area contributed by atoms with E-state index in [1.807, 2.05) is 0 Å². The van der Waals surface area contributed by atoms with Gasteiger partial charge in [-0.1, -0.05) is 41.9 Å². The summed E-state index contributed by atoms with van der Waals surface area (Å²) < 4.78 is 0. The Hall–Kier alpha value is -1.81. The predicted molar refractivity (Wildman–Crippen MR) is 82.1 cm³/mol. The summed E-state index contributed by atoms with van der Waals surface area (Å²) in [6.45, 7) is 1.93. The van der Waals surface area contributed by atoms with Crippen molar-refractivity contribution in [3.63, 3.8) is 0 Å². The van der Waals surface area contributed by atoms with Crippen molar-refractivity contribution >= 4 is 23.4 Å². The molecule has 2 N–H and O–H groups in total. The van der Waals surface area contributed by atoms with Crippen molar-refractivity contribution < 1.29 is 0 Å². The predicted octanol–water partition coefficient (Wildman–Crippen LogP) is 3.10. The summed E-state index contributed by atoms with van der Waals surface area (Å²) in [7, 11) is 0. The first-order valence-corrected chi connectivity index (χ1v) is 7.20. The smallest absolute Gasteiger partial charge is 0.223 e. The van der Waals surface area contributed by atoms with Gasteiger partial charge >= 0.3 is 0 Å². The summed E-state index contributed by atoms with van der Waals surface area (Å²) in [6.07, 6.45) is 2.23. The van der Waals surface area contributed by atoms with Gasteiger partial charge in [0.1, 0.15) is 11.0 Å². The minimum Gasteiger partial charge on any atom is -0.368 e. The molecule has 1 saturated heterocycles. The first-order chi connectivity index (χ1) is 9.72. The highest BCUT2D eigenvalue weighted by molar-refractivity contribution is 6.29. The average molecular weight is 289 g/mol. The molecule has 0 unspecified atom stereocenters. The van der Waals surface area contributed by atoms with Gasteiger partial charge in [0, 0.05) is 19.2 Å². The molecule has 0 amide bonds. The molecule has 0 bridgehead atoms. The number of nitrogens with two attached hydrogens (primary N) is 1. The number of aromatic nitrogens is 2. The van der Waals surface area contributed by atoms with Crippen LogP contribution >= 0.6 is 11.6 Å². The average Bonchev–Trinajstić information content (AvgIpc) is 2.47. The van der Waals surface area contributed by atoms with Crippen LogP contribution in [0.4, 0.5) is 11.8 Å². The normalized spacial score (nSPS) is 16.4. The fourth-order valence-electron chi connectivity index (χ4n) is 2.75. The maximum Gasteiger partial charge on any atom is 0.223 e. The lowest BCUT2D eigenvalue weighted by Crippen LogP contribution is -2.33. The summed E-state index contributed by atoms with van der Waals surface area (Å²) in [5.74, 6) is 1.69. The third kappa shape index (κ3) is 2.85. The SMILES string of the molecule is Nc1nc(Cl)cc(N2CCC(c3ccccc3)CC2)n1. The molecule has 2 heterocycles. The van der Waals surface area contributed by atoms with Crippen LogP contribution in [0.2, 0.25) is 5.15 Å². The van der Waals surface area contributed by atoms with Gasteiger partial charge in [0.25, 0.3) is 0 Å². The Labute approximate surface area is 123 Å². The fraction of sp³-hybridized carbons (Fsp3) is 0.333. The Morgan fingerprint density at radius 1 is 1.10 bits per heavy atom. The van der Waals surface area contributed by atoms with Crippen molar-refractivity contribution in [2.45, 2.75) is 18.8 Å². The fourth-order valence-corrected chi connectivity index (χ4v) is 2.94. The minimum absolute atomic E-state index is 0.234. The molecule has 2 aromatic rings. The van der Waals surface area contributed by atoms with Crippen molar-refractivity contribution in [3.8, 4) is 0 Å². The highest BCUT2D eigenvalue weighted by Crippen LogP contribution is 2.30. The number of hydrogen-bond acceptors (Lipinski definition) is 4. The highest BCUT2D eigenvalue weighted by Gasteiger charge is 2.21. The molecule has 0 aliphatic carbocycles. The third-order valence-corrected chi connectivity index (χ3v) is 3.98. The standard InChI is InChI=1S/C15H17ClN4/c16-13-10-14(19-15(17)18-13)20-8-6-12(7-9-20)11-4-2-1-3-5-11/h1-5,10,12H,6-9H2,(H2,17,18,19). The molecule has 1 fully saturated rings. The molecule has 1 aromatic heterocycles. The molecule has 1 aromatic carbocycles. The number of benzene rings is 1. The Kier molecular flexibility index (Phi) is 3.74. The molecule has 5 heteroatoms. The Morgan fingerprint density at radius 3 is 2.45 bits per heavy atom. The Bertz CT molecular complexity index is 559. The van der Waals surface area contributed by atoms with Gasteiger partial charge in [-0.15, -0.1) is 0 Å². The number of nitrogens with zero attached hydrogens (tertiary/aromatic N) is 3. The van der Waals surface area contributed by atoms with Crippen molar-refractivity contribution in [3.05, 3.63) is 47.1 Å². The lowest BCUT2D eigenvalue weighted by molar-refractivity contribution is 0.502. The number of halogens is 1. The number of anilines is 2. The van der Waals surface area contributed by atoms with E-state index >= 15 is 0 Å². The lowest BCUT2D eigenvalue weighted by Gasteiger charge is -2.33. The van der Waals surface area contributed by atoms with E-state index in [0.717, 1.165) is 31.7 Å². The van der Waals surface area contributed by atoms with Crippen LogP contribution in [0.1, 0.15) is 24.3 Å². The van der Waals surface area contributed by atoms with E-state index in [1.54, 1.807) is 6.07 Å². The quantitative estimate of drug-likeness (QED) is 0.863. The first-order valence-electron chi connectivity index (χ1n) is 6.82. The van der Waals surface area contributed by atoms with E-state index in [2.05, 4.69) is 45.2 Å². The zero-order valence-corrected chi connectivity index (χ0v) is 11.9. The van der Waals surface area contributed by atoms with E-state index in [9.17, 15) is 0 Å². The van der Waals surface area contributed by atoms with Crippen LogP contribution in [-0.2, 0) is 0 Å². The molecule has 0 spiro atoms. The zero-order chi connectivity index (χ0) is 13.9. The van der Waals surface area contributed by atoms with Gasteiger partial charge < -0.3 is 10.6 Å². The molecule has 0 saturated carbocycles. The second kappa shape index (κ2) is 5.67. The van der Waals surface area contributed by atoms with Crippen LogP contribution in [0.3, 0.4) is 0 Å². The van der Waals surface area contributed by atoms with Gasteiger partial charge in [0.15, 0.2) is 0 Å². The zero-order valence-electron chi connectivity index (χ0n) is 11.2. The number of nitrogen functional groups attached to an aromatic ring is 1. The van der Waals surface area contributed by atoms with Crippen molar-refractivity contribution in [2.24, 2.45) is 0 Å². The van der Waals surface area contributed by atoms with E-state index < -0.39 is 0 Å². The maximum absolute atomic E-state index is 5.94. The lowest BCUT2D eigenvalue weighted by atomic mass is 9.89. The van der Waals surface area contributed by atoms with Crippen LogP contribution in [0.5, 0.6) is 0 Å². The largest absolute Gasteiger partial charge is 0.368 e. The van der Waals surface area contributed by atoms with Crippen LogP contribution in [0, 0.1) is 0 Å². The molecule has 104 valence electrons. The Morgan fingerprint density at radius 2 is 1.80 bits per heavy atom. The van der Waals surface area contributed by atoms with Crippen LogP contribution in [-0.4, -0.2) is 23.1 Å². The molecule has 0 atom stereocenters. The summed E-state index contributed by atoms with van der Waals surface area (Å²) in [6, 6.07) is 12.5. The van der Waals surface area contributed by atoms with Gasteiger partial charge in [-0.3, -0.25) is 0 Å². The third-order valence-electron chi connectivity index (χ3n) is 3.79. The number of hydrogen-bond donors (Lipinski definition) is 1. The van der Waals surface area contributed by atoms with E-state index in [4.69, 9.17) is 17.3 Å².